The summed E-state index contributed by atoms with van der Waals surface area (Å²) in [5.74, 6) is 1.30. The van der Waals surface area contributed by atoms with Gasteiger partial charge in [0, 0.05) is 25.0 Å². The van der Waals surface area contributed by atoms with Crippen molar-refractivity contribution in [1.82, 2.24) is 10.2 Å². The minimum absolute atomic E-state index is 0.0968. The van der Waals surface area contributed by atoms with Gasteiger partial charge in [0.05, 0.1) is 0 Å². The third kappa shape index (κ3) is 3.13. The van der Waals surface area contributed by atoms with Gasteiger partial charge in [-0.1, -0.05) is 34.1 Å². The van der Waals surface area contributed by atoms with Gasteiger partial charge in [0.25, 0.3) is 0 Å². The molecule has 19 heavy (non-hydrogen) atoms. The van der Waals surface area contributed by atoms with Crippen molar-refractivity contribution in [2.24, 2.45) is 17.3 Å². The Morgan fingerprint density at radius 2 is 2.05 bits per heavy atom. The summed E-state index contributed by atoms with van der Waals surface area (Å²) in [5.41, 5.74) is 0.0968. The summed E-state index contributed by atoms with van der Waals surface area (Å²) in [5, 5.41) is 3.48. The molecule has 0 bridgehead atoms. The second-order valence-electron chi connectivity index (χ2n) is 7.32. The summed E-state index contributed by atoms with van der Waals surface area (Å²) >= 11 is 0. The van der Waals surface area contributed by atoms with Gasteiger partial charge in [-0.2, -0.15) is 0 Å². The van der Waals surface area contributed by atoms with Crippen LogP contribution in [0.3, 0.4) is 0 Å². The van der Waals surface area contributed by atoms with E-state index >= 15 is 0 Å². The van der Waals surface area contributed by atoms with Crippen molar-refractivity contribution in [3.8, 4) is 0 Å². The maximum atomic E-state index is 12.8. The molecular formula is C16H30N2O. The molecule has 3 heteroatoms. The van der Waals surface area contributed by atoms with Crippen molar-refractivity contribution in [2.75, 3.05) is 19.6 Å². The molecule has 1 amide bonds. The second-order valence-corrected chi connectivity index (χ2v) is 7.32. The number of nitrogens with zero attached hydrogens (tertiary/aromatic N) is 1. The minimum Gasteiger partial charge on any atom is -0.338 e. The minimum atomic E-state index is 0.0968. The molecule has 2 saturated heterocycles. The van der Waals surface area contributed by atoms with E-state index in [1.807, 2.05) is 0 Å². The SMILES string of the molecule is CCC1CCNCC1N1CCCC(C(C)(C)C)C1=O. The quantitative estimate of drug-likeness (QED) is 0.833. The molecule has 1 N–H and O–H groups in total. The maximum Gasteiger partial charge on any atom is 0.226 e. The highest BCUT2D eigenvalue weighted by Gasteiger charge is 2.41. The summed E-state index contributed by atoms with van der Waals surface area (Å²) in [6.07, 6.45) is 4.64. The first kappa shape index (κ1) is 14.8. The summed E-state index contributed by atoms with van der Waals surface area (Å²) in [4.78, 5) is 15.0. The van der Waals surface area contributed by atoms with Gasteiger partial charge in [0.1, 0.15) is 0 Å². The summed E-state index contributed by atoms with van der Waals surface area (Å²) in [6.45, 7) is 11.9. The molecule has 2 heterocycles. The lowest BCUT2D eigenvalue weighted by Crippen LogP contribution is -2.57. The Morgan fingerprint density at radius 1 is 1.32 bits per heavy atom. The molecule has 0 aromatic heterocycles. The fraction of sp³-hybridized carbons (Fsp3) is 0.938. The smallest absolute Gasteiger partial charge is 0.226 e. The third-order valence-electron chi connectivity index (χ3n) is 5.03. The number of likely N-dealkylation sites (tertiary alicyclic amines) is 1. The Kier molecular flexibility index (Phi) is 4.54. The maximum absolute atomic E-state index is 12.8. The Hall–Kier alpha value is -0.570. The Balaban J connectivity index is 2.12. The average Bonchev–Trinajstić information content (AvgIpc) is 2.37. The van der Waals surface area contributed by atoms with Gasteiger partial charge in [-0.3, -0.25) is 4.79 Å². The van der Waals surface area contributed by atoms with E-state index in [0.29, 0.717) is 17.9 Å². The fourth-order valence-electron chi connectivity index (χ4n) is 3.77. The second kappa shape index (κ2) is 5.82. The van der Waals surface area contributed by atoms with Gasteiger partial charge in [0.15, 0.2) is 0 Å². The number of carbonyl (C=O) groups is 1. The zero-order valence-corrected chi connectivity index (χ0v) is 13.0. The summed E-state index contributed by atoms with van der Waals surface area (Å²) < 4.78 is 0. The number of piperidine rings is 2. The molecule has 0 aliphatic carbocycles. The third-order valence-corrected chi connectivity index (χ3v) is 5.03. The number of amides is 1. The van der Waals surface area contributed by atoms with Crippen molar-refractivity contribution in [1.29, 1.82) is 0 Å². The van der Waals surface area contributed by atoms with Crippen molar-refractivity contribution < 1.29 is 4.79 Å². The number of carbonyl (C=O) groups excluding carboxylic acids is 1. The van der Waals surface area contributed by atoms with E-state index in [1.165, 1.54) is 19.3 Å². The molecule has 2 fully saturated rings. The number of nitrogens with one attached hydrogen (secondary N) is 1. The van der Waals surface area contributed by atoms with E-state index in [-0.39, 0.29) is 11.3 Å². The highest BCUT2D eigenvalue weighted by atomic mass is 16.2. The van der Waals surface area contributed by atoms with Crippen LogP contribution in [-0.4, -0.2) is 36.5 Å². The monoisotopic (exact) mass is 266 g/mol. The molecule has 0 aromatic carbocycles. The van der Waals surface area contributed by atoms with Crippen LogP contribution in [0.1, 0.15) is 53.4 Å². The van der Waals surface area contributed by atoms with E-state index in [1.54, 1.807) is 0 Å². The lowest BCUT2D eigenvalue weighted by Gasteiger charge is -2.46. The van der Waals surface area contributed by atoms with Crippen LogP contribution in [0.4, 0.5) is 0 Å². The molecule has 3 nitrogen and oxygen atoms in total. The van der Waals surface area contributed by atoms with Gasteiger partial charge in [-0.05, 0) is 37.1 Å². The zero-order valence-electron chi connectivity index (χ0n) is 13.0. The lowest BCUT2D eigenvalue weighted by molar-refractivity contribution is -0.147. The molecule has 0 radical (unpaired) electrons. The van der Waals surface area contributed by atoms with E-state index < -0.39 is 0 Å². The Morgan fingerprint density at radius 3 is 2.68 bits per heavy atom. The van der Waals surface area contributed by atoms with Gasteiger partial charge in [-0.15, -0.1) is 0 Å². The van der Waals surface area contributed by atoms with Crippen LogP contribution in [0.2, 0.25) is 0 Å². The van der Waals surface area contributed by atoms with Gasteiger partial charge in [0.2, 0.25) is 5.91 Å². The standard InChI is InChI=1S/C16H30N2O/c1-5-12-8-9-17-11-14(12)18-10-6-7-13(15(18)19)16(2,3)4/h12-14,17H,5-11H2,1-4H3. The van der Waals surface area contributed by atoms with E-state index in [9.17, 15) is 4.79 Å². The van der Waals surface area contributed by atoms with Crippen molar-refractivity contribution in [3.63, 3.8) is 0 Å². The van der Waals surface area contributed by atoms with Crippen LogP contribution in [0.5, 0.6) is 0 Å². The van der Waals surface area contributed by atoms with E-state index in [4.69, 9.17) is 0 Å². The first-order chi connectivity index (χ1) is 8.95. The van der Waals surface area contributed by atoms with Crippen LogP contribution in [0, 0.1) is 17.3 Å². The molecule has 2 aliphatic rings. The number of hydrogen-bond donors (Lipinski definition) is 1. The van der Waals surface area contributed by atoms with Gasteiger partial charge in [-0.25, -0.2) is 0 Å². The first-order valence-corrected chi connectivity index (χ1v) is 7.96. The molecule has 0 spiro atoms. The highest BCUT2D eigenvalue weighted by molar-refractivity contribution is 5.80. The molecule has 3 unspecified atom stereocenters. The van der Waals surface area contributed by atoms with Gasteiger partial charge < -0.3 is 10.2 Å². The predicted molar refractivity (Wildman–Crippen MR) is 78.9 cm³/mol. The normalized spacial score (nSPS) is 33.6. The molecule has 2 aliphatic heterocycles. The van der Waals surface area contributed by atoms with Crippen LogP contribution in [0.25, 0.3) is 0 Å². The zero-order chi connectivity index (χ0) is 14.0. The summed E-state index contributed by atoms with van der Waals surface area (Å²) in [6, 6.07) is 0.427. The Labute approximate surface area is 118 Å². The van der Waals surface area contributed by atoms with E-state index in [0.717, 1.165) is 26.1 Å². The van der Waals surface area contributed by atoms with Crippen molar-refractivity contribution in [3.05, 3.63) is 0 Å². The topological polar surface area (TPSA) is 32.3 Å². The molecule has 0 aromatic rings. The number of hydrogen-bond acceptors (Lipinski definition) is 2. The first-order valence-electron chi connectivity index (χ1n) is 7.96. The highest BCUT2D eigenvalue weighted by Crippen LogP contribution is 2.36. The van der Waals surface area contributed by atoms with Crippen LogP contribution < -0.4 is 5.32 Å². The molecule has 0 saturated carbocycles. The lowest BCUT2D eigenvalue weighted by atomic mass is 9.74. The largest absolute Gasteiger partial charge is 0.338 e. The van der Waals surface area contributed by atoms with Crippen molar-refractivity contribution in [2.45, 2.75) is 59.4 Å². The van der Waals surface area contributed by atoms with Crippen LogP contribution in [0.15, 0.2) is 0 Å². The fourth-order valence-corrected chi connectivity index (χ4v) is 3.77. The van der Waals surface area contributed by atoms with E-state index in [2.05, 4.69) is 37.9 Å². The number of rotatable bonds is 2. The van der Waals surface area contributed by atoms with Crippen molar-refractivity contribution >= 4 is 5.91 Å². The molecule has 2 rings (SSSR count). The average molecular weight is 266 g/mol. The van der Waals surface area contributed by atoms with Crippen LogP contribution in [-0.2, 0) is 4.79 Å². The molecular weight excluding hydrogens is 236 g/mol. The Bertz CT molecular complexity index is 321. The summed E-state index contributed by atoms with van der Waals surface area (Å²) in [7, 11) is 0. The predicted octanol–water partition coefficient (Wildman–Crippen LogP) is 2.66. The molecule has 3 atom stereocenters. The molecule has 110 valence electrons. The van der Waals surface area contributed by atoms with Crippen LogP contribution >= 0.6 is 0 Å². The van der Waals surface area contributed by atoms with Gasteiger partial charge >= 0.3 is 0 Å².